The molecule has 7 nitrogen and oxygen atoms in total. The number of nitrogens with one attached hydrogen (secondary N) is 1. The highest BCUT2D eigenvalue weighted by Gasteiger charge is 2.41. The molecule has 1 fully saturated rings. The molecule has 1 atom stereocenters. The summed E-state index contributed by atoms with van der Waals surface area (Å²) < 4.78 is 15.7. The largest absolute Gasteiger partial charge is 0.507 e. The molecule has 1 heterocycles. The molecule has 0 saturated carbocycles. The fraction of sp³-hybridized carbons (Fsp3) is 0.200. The molecular formula is C20H19NO6. The Labute approximate surface area is 156 Å². The van der Waals surface area contributed by atoms with Crippen molar-refractivity contribution in [2.45, 2.75) is 6.04 Å². The first-order valence-electron chi connectivity index (χ1n) is 8.14. The Balaban J connectivity index is 2.18. The number of hydrogen-bond acceptors (Lipinski definition) is 6. The van der Waals surface area contributed by atoms with Crippen LogP contribution in [-0.4, -0.2) is 38.1 Å². The number of amides is 1. The van der Waals surface area contributed by atoms with Crippen molar-refractivity contribution >= 4 is 17.4 Å². The van der Waals surface area contributed by atoms with Crippen LogP contribution in [-0.2, 0) is 9.59 Å². The minimum Gasteiger partial charge on any atom is -0.507 e. The van der Waals surface area contributed by atoms with Crippen LogP contribution >= 0.6 is 0 Å². The van der Waals surface area contributed by atoms with E-state index in [0.717, 1.165) is 0 Å². The number of ether oxygens (including phenoxy) is 3. The third-order valence-electron chi connectivity index (χ3n) is 4.36. The average Bonchev–Trinajstić information content (AvgIpc) is 3.01. The third kappa shape index (κ3) is 3.31. The minimum atomic E-state index is -0.874. The van der Waals surface area contributed by atoms with Gasteiger partial charge in [0.05, 0.1) is 32.9 Å². The number of Topliss-reactive ketones (excluding diaryl/α,β-unsaturated/α-hetero) is 1. The number of methoxy groups -OCH3 is 3. The van der Waals surface area contributed by atoms with E-state index in [1.165, 1.54) is 21.3 Å². The monoisotopic (exact) mass is 369 g/mol. The molecule has 0 spiro atoms. The summed E-state index contributed by atoms with van der Waals surface area (Å²) in [6.45, 7) is 0. The molecule has 0 unspecified atom stereocenters. The van der Waals surface area contributed by atoms with Crippen molar-refractivity contribution in [3.63, 3.8) is 0 Å². The van der Waals surface area contributed by atoms with Gasteiger partial charge in [-0.3, -0.25) is 9.59 Å². The lowest BCUT2D eigenvalue weighted by atomic mass is 9.95. The molecule has 3 rings (SSSR count). The second kappa shape index (κ2) is 7.41. The fourth-order valence-electron chi connectivity index (χ4n) is 2.99. The summed E-state index contributed by atoms with van der Waals surface area (Å²) in [5, 5.41) is 13.4. The molecule has 2 aromatic rings. The number of rotatable bonds is 5. The van der Waals surface area contributed by atoms with E-state index in [2.05, 4.69) is 5.32 Å². The molecule has 1 amide bonds. The van der Waals surface area contributed by atoms with Gasteiger partial charge in [0.2, 0.25) is 0 Å². The molecule has 0 bridgehead atoms. The molecule has 1 aliphatic rings. The highest BCUT2D eigenvalue weighted by molar-refractivity contribution is 6.46. The van der Waals surface area contributed by atoms with Crippen LogP contribution in [0.5, 0.6) is 17.2 Å². The first-order chi connectivity index (χ1) is 13.0. The van der Waals surface area contributed by atoms with Crippen molar-refractivity contribution in [3.05, 3.63) is 59.2 Å². The van der Waals surface area contributed by atoms with Gasteiger partial charge in [-0.2, -0.15) is 0 Å². The first-order valence-corrected chi connectivity index (χ1v) is 8.14. The molecule has 2 N–H and O–H groups in total. The molecule has 7 heteroatoms. The van der Waals surface area contributed by atoms with Gasteiger partial charge in [-0.1, -0.05) is 12.1 Å². The zero-order valence-corrected chi connectivity index (χ0v) is 15.1. The molecule has 0 radical (unpaired) electrons. The van der Waals surface area contributed by atoms with Gasteiger partial charge in [-0.05, 0) is 30.3 Å². The van der Waals surface area contributed by atoms with E-state index in [4.69, 9.17) is 14.2 Å². The van der Waals surface area contributed by atoms with Crippen molar-refractivity contribution in [1.29, 1.82) is 0 Å². The van der Waals surface area contributed by atoms with E-state index < -0.39 is 17.7 Å². The third-order valence-corrected chi connectivity index (χ3v) is 4.36. The number of carbonyl (C=O) groups is 2. The number of carbonyl (C=O) groups excluding carboxylic acids is 2. The second-order valence-electron chi connectivity index (χ2n) is 5.84. The van der Waals surface area contributed by atoms with Crippen molar-refractivity contribution < 1.29 is 28.9 Å². The summed E-state index contributed by atoms with van der Waals surface area (Å²) in [5.74, 6) is -0.405. The van der Waals surface area contributed by atoms with Crippen molar-refractivity contribution in [2.75, 3.05) is 21.3 Å². The predicted molar refractivity (Wildman–Crippen MR) is 98.0 cm³/mol. The van der Waals surface area contributed by atoms with Crippen LogP contribution in [0.25, 0.3) is 5.76 Å². The Morgan fingerprint density at radius 1 is 0.963 bits per heavy atom. The Hall–Kier alpha value is -3.48. The van der Waals surface area contributed by atoms with E-state index in [1.54, 1.807) is 42.5 Å². The summed E-state index contributed by atoms with van der Waals surface area (Å²) in [7, 11) is 4.49. The van der Waals surface area contributed by atoms with Crippen LogP contribution in [0.4, 0.5) is 0 Å². The summed E-state index contributed by atoms with van der Waals surface area (Å²) in [4.78, 5) is 24.6. The molecule has 27 heavy (non-hydrogen) atoms. The summed E-state index contributed by atoms with van der Waals surface area (Å²) in [5.41, 5.74) is 0.807. The predicted octanol–water partition coefficient (Wildman–Crippen LogP) is 2.42. The number of hydrogen-bond donors (Lipinski definition) is 2. The zero-order valence-electron chi connectivity index (χ0n) is 15.1. The normalized spacial score (nSPS) is 18.1. The number of aliphatic hydroxyl groups is 1. The molecule has 1 saturated heterocycles. The van der Waals surface area contributed by atoms with Crippen LogP contribution < -0.4 is 19.5 Å². The molecule has 0 aliphatic carbocycles. The highest BCUT2D eigenvalue weighted by atomic mass is 16.5. The molecular weight excluding hydrogens is 350 g/mol. The number of ketones is 1. The summed E-state index contributed by atoms with van der Waals surface area (Å²) >= 11 is 0. The molecule has 2 aromatic carbocycles. The Morgan fingerprint density at radius 2 is 1.67 bits per heavy atom. The zero-order chi connectivity index (χ0) is 19.6. The lowest BCUT2D eigenvalue weighted by Gasteiger charge is -2.18. The standard InChI is InChI=1S/C20H19NO6/c1-25-12-6-4-5-11(9-12)18(22)16-17(21-20(24)19(16)23)14-10-13(26-2)7-8-15(14)27-3/h4-10,17,22H,1-3H3,(H,21,24)/t17-/m1/s1. The lowest BCUT2D eigenvalue weighted by Crippen LogP contribution is -2.21. The van der Waals surface area contributed by atoms with Gasteiger partial charge in [0, 0.05) is 11.1 Å². The van der Waals surface area contributed by atoms with Gasteiger partial charge < -0.3 is 24.6 Å². The average molecular weight is 369 g/mol. The summed E-state index contributed by atoms with van der Waals surface area (Å²) in [6, 6.07) is 10.8. The van der Waals surface area contributed by atoms with Gasteiger partial charge in [-0.25, -0.2) is 0 Å². The van der Waals surface area contributed by atoms with E-state index >= 15 is 0 Å². The van der Waals surface area contributed by atoms with E-state index in [1.807, 2.05) is 0 Å². The van der Waals surface area contributed by atoms with E-state index in [0.29, 0.717) is 28.4 Å². The molecule has 1 aliphatic heterocycles. The Morgan fingerprint density at radius 3 is 2.33 bits per heavy atom. The SMILES string of the molecule is COc1cccc(C(O)=C2C(=O)C(=O)N[C@@H]2c2cc(OC)ccc2OC)c1. The topological polar surface area (TPSA) is 94.1 Å². The van der Waals surface area contributed by atoms with Crippen LogP contribution in [0.3, 0.4) is 0 Å². The lowest BCUT2D eigenvalue weighted by molar-refractivity contribution is -0.133. The maximum Gasteiger partial charge on any atom is 0.293 e. The fourth-order valence-corrected chi connectivity index (χ4v) is 2.99. The maximum absolute atomic E-state index is 12.5. The van der Waals surface area contributed by atoms with E-state index in [9.17, 15) is 14.7 Å². The molecule has 140 valence electrons. The van der Waals surface area contributed by atoms with Gasteiger partial charge in [0.15, 0.2) is 0 Å². The number of benzene rings is 2. The van der Waals surface area contributed by atoms with Crippen molar-refractivity contribution in [3.8, 4) is 17.2 Å². The van der Waals surface area contributed by atoms with E-state index in [-0.39, 0.29) is 11.3 Å². The van der Waals surface area contributed by atoms with Gasteiger partial charge in [-0.15, -0.1) is 0 Å². The van der Waals surface area contributed by atoms with Crippen molar-refractivity contribution in [2.24, 2.45) is 0 Å². The maximum atomic E-state index is 12.5. The highest BCUT2D eigenvalue weighted by Crippen LogP contribution is 2.39. The summed E-state index contributed by atoms with van der Waals surface area (Å²) in [6.07, 6.45) is 0. The Kier molecular flexibility index (Phi) is 5.03. The van der Waals surface area contributed by atoms with Gasteiger partial charge >= 0.3 is 0 Å². The van der Waals surface area contributed by atoms with Gasteiger partial charge in [0.1, 0.15) is 23.0 Å². The van der Waals surface area contributed by atoms with Crippen LogP contribution in [0.15, 0.2) is 48.0 Å². The second-order valence-corrected chi connectivity index (χ2v) is 5.84. The quantitative estimate of drug-likeness (QED) is 0.478. The minimum absolute atomic E-state index is 0.0557. The molecule has 0 aromatic heterocycles. The smallest absolute Gasteiger partial charge is 0.293 e. The number of aliphatic hydroxyl groups excluding tert-OH is 1. The van der Waals surface area contributed by atoms with Gasteiger partial charge in [0.25, 0.3) is 11.7 Å². The van der Waals surface area contributed by atoms with Crippen LogP contribution in [0.2, 0.25) is 0 Å². The van der Waals surface area contributed by atoms with Crippen LogP contribution in [0.1, 0.15) is 17.2 Å². The Bertz CT molecular complexity index is 934. The first kappa shape index (κ1) is 18.3. The van der Waals surface area contributed by atoms with Crippen molar-refractivity contribution in [1.82, 2.24) is 5.32 Å². The van der Waals surface area contributed by atoms with Crippen LogP contribution in [0, 0.1) is 0 Å².